The highest BCUT2D eigenvalue weighted by atomic mass is 35.5. The average Bonchev–Trinajstić information content (AvgIpc) is 2.38. The third-order valence-electron chi connectivity index (χ3n) is 4.43. The Morgan fingerprint density at radius 2 is 1.71 bits per heavy atom. The molecule has 0 bridgehead atoms. The van der Waals surface area contributed by atoms with Crippen molar-refractivity contribution in [1.82, 2.24) is 10.2 Å². The average molecular weight is 372 g/mol. The van der Waals surface area contributed by atoms with Crippen LogP contribution in [0.15, 0.2) is 18.2 Å². The lowest BCUT2D eigenvalue weighted by atomic mass is 9.76. The van der Waals surface area contributed by atoms with Crippen molar-refractivity contribution < 1.29 is 0 Å². The van der Waals surface area contributed by atoms with Crippen molar-refractivity contribution in [1.29, 1.82) is 0 Å². The monoisotopic (exact) mass is 370 g/mol. The van der Waals surface area contributed by atoms with Gasteiger partial charge in [0.1, 0.15) is 0 Å². The van der Waals surface area contributed by atoms with Crippen LogP contribution in [-0.2, 0) is 0 Å². The summed E-state index contributed by atoms with van der Waals surface area (Å²) >= 11 is 12.2. The van der Waals surface area contributed by atoms with Crippen molar-refractivity contribution >= 4 is 48.0 Å². The second-order valence-corrected chi connectivity index (χ2v) is 6.41. The molecule has 1 aromatic carbocycles. The highest BCUT2D eigenvalue weighted by Crippen LogP contribution is 2.42. The summed E-state index contributed by atoms with van der Waals surface area (Å²) < 4.78 is 0. The summed E-state index contributed by atoms with van der Waals surface area (Å²) in [7, 11) is 0. The molecule has 0 amide bonds. The molecule has 3 rings (SSSR count). The van der Waals surface area contributed by atoms with Gasteiger partial charge >= 0.3 is 0 Å². The minimum atomic E-state index is 0. The summed E-state index contributed by atoms with van der Waals surface area (Å²) in [5, 5.41) is 4.76. The largest absolute Gasteiger partial charge is 0.314 e. The molecule has 2 fully saturated rings. The number of piperazine rings is 1. The maximum absolute atomic E-state index is 6.20. The molecule has 0 spiro atoms. The Kier molecular flexibility index (Phi) is 8.11. The molecule has 1 atom stereocenters. The molecule has 1 aliphatic heterocycles. The summed E-state index contributed by atoms with van der Waals surface area (Å²) in [6, 6.07) is 6.67. The van der Waals surface area contributed by atoms with E-state index >= 15 is 0 Å². The first kappa shape index (κ1) is 19.3. The molecule has 0 aromatic heterocycles. The van der Waals surface area contributed by atoms with Gasteiger partial charge in [-0.1, -0.05) is 35.7 Å². The van der Waals surface area contributed by atoms with Gasteiger partial charge in [-0.3, -0.25) is 4.90 Å². The summed E-state index contributed by atoms with van der Waals surface area (Å²) in [4.78, 5) is 2.61. The van der Waals surface area contributed by atoms with E-state index < -0.39 is 0 Å². The van der Waals surface area contributed by atoms with Crippen LogP contribution in [0.4, 0.5) is 0 Å². The highest BCUT2D eigenvalue weighted by molar-refractivity contribution is 6.42. The zero-order valence-corrected chi connectivity index (χ0v) is 15.0. The van der Waals surface area contributed by atoms with Gasteiger partial charge in [-0.05, 0) is 36.5 Å². The van der Waals surface area contributed by atoms with Gasteiger partial charge in [0, 0.05) is 32.2 Å². The Balaban J connectivity index is 0.00000110. The van der Waals surface area contributed by atoms with E-state index in [1.807, 2.05) is 6.07 Å². The third-order valence-corrected chi connectivity index (χ3v) is 5.17. The molecule has 0 unspecified atom stereocenters. The predicted octanol–water partition coefficient (Wildman–Crippen LogP) is 4.58. The second kappa shape index (κ2) is 8.81. The molecule has 1 N–H and O–H groups in total. The number of nitrogens with zero attached hydrogens (tertiary/aromatic N) is 1. The number of hydrogen-bond donors (Lipinski definition) is 1. The van der Waals surface area contributed by atoms with Crippen molar-refractivity contribution in [2.45, 2.75) is 25.3 Å². The van der Waals surface area contributed by atoms with Crippen LogP contribution in [0.3, 0.4) is 0 Å². The maximum atomic E-state index is 6.20. The van der Waals surface area contributed by atoms with Crippen LogP contribution < -0.4 is 5.32 Å². The molecule has 0 radical (unpaired) electrons. The fourth-order valence-electron chi connectivity index (χ4n) is 3.19. The van der Waals surface area contributed by atoms with Gasteiger partial charge in [-0.2, -0.15) is 0 Å². The Morgan fingerprint density at radius 3 is 2.24 bits per heavy atom. The molecule has 1 heterocycles. The fraction of sp³-hybridized carbons (Fsp3) is 0.600. The van der Waals surface area contributed by atoms with Crippen molar-refractivity contribution in [3.63, 3.8) is 0 Å². The van der Waals surface area contributed by atoms with Crippen LogP contribution in [0.5, 0.6) is 0 Å². The molecular formula is C15H22Cl4N2. The normalized spacial score (nSPS) is 20.9. The lowest BCUT2D eigenvalue weighted by Crippen LogP contribution is -2.47. The summed E-state index contributed by atoms with van der Waals surface area (Å²) in [5.41, 5.74) is 1.33. The summed E-state index contributed by atoms with van der Waals surface area (Å²) in [6.07, 6.45) is 4.05. The van der Waals surface area contributed by atoms with Crippen molar-refractivity contribution in [3.8, 4) is 0 Å². The minimum absolute atomic E-state index is 0. The Morgan fingerprint density at radius 1 is 1.05 bits per heavy atom. The number of nitrogens with one attached hydrogen (secondary N) is 1. The first-order valence-corrected chi connectivity index (χ1v) is 7.91. The molecule has 2 nitrogen and oxygen atoms in total. The molecule has 1 aliphatic carbocycles. The van der Waals surface area contributed by atoms with E-state index in [-0.39, 0.29) is 24.8 Å². The predicted molar refractivity (Wildman–Crippen MR) is 95.5 cm³/mol. The molecule has 1 saturated heterocycles. The zero-order valence-electron chi connectivity index (χ0n) is 11.9. The van der Waals surface area contributed by atoms with E-state index in [0.29, 0.717) is 16.1 Å². The number of hydrogen-bond acceptors (Lipinski definition) is 2. The van der Waals surface area contributed by atoms with Gasteiger partial charge in [0.15, 0.2) is 0 Å². The lowest BCUT2D eigenvalue weighted by Gasteiger charge is -2.43. The molecule has 1 aromatic rings. The van der Waals surface area contributed by atoms with E-state index in [2.05, 4.69) is 22.3 Å². The molecule has 1 saturated carbocycles. The van der Waals surface area contributed by atoms with Gasteiger partial charge in [-0.25, -0.2) is 0 Å². The number of halogens is 4. The molecule has 21 heavy (non-hydrogen) atoms. The van der Waals surface area contributed by atoms with Crippen molar-refractivity contribution in [3.05, 3.63) is 33.8 Å². The van der Waals surface area contributed by atoms with Crippen LogP contribution in [0, 0.1) is 5.92 Å². The van der Waals surface area contributed by atoms with Gasteiger partial charge in [0.05, 0.1) is 10.0 Å². The smallest absolute Gasteiger partial charge is 0.0595 e. The van der Waals surface area contributed by atoms with E-state index in [1.54, 1.807) is 0 Å². The number of benzene rings is 1. The Bertz CT molecular complexity index is 445. The first-order valence-electron chi connectivity index (χ1n) is 7.15. The summed E-state index contributed by atoms with van der Waals surface area (Å²) in [6.45, 7) is 4.43. The van der Waals surface area contributed by atoms with Crippen molar-refractivity contribution in [2.24, 2.45) is 5.92 Å². The number of rotatable bonds is 3. The standard InChI is InChI=1S/C15H20Cl2N2.2ClH/c16-13-5-4-12(10-14(13)17)15(11-2-1-3-11)19-8-6-18-7-9-19;;/h4-5,10-11,15,18H,1-3,6-9H2;2*1H/t15-;;/m1../s1. The van der Waals surface area contributed by atoms with E-state index in [0.717, 1.165) is 32.1 Å². The quantitative estimate of drug-likeness (QED) is 0.836. The van der Waals surface area contributed by atoms with Crippen LogP contribution >= 0.6 is 48.0 Å². The van der Waals surface area contributed by atoms with E-state index in [9.17, 15) is 0 Å². The van der Waals surface area contributed by atoms with E-state index in [4.69, 9.17) is 23.2 Å². The fourth-order valence-corrected chi connectivity index (χ4v) is 3.50. The molecule has 2 aliphatic rings. The van der Waals surface area contributed by atoms with Gasteiger partial charge in [-0.15, -0.1) is 24.8 Å². The zero-order chi connectivity index (χ0) is 13.2. The lowest BCUT2D eigenvalue weighted by molar-refractivity contribution is 0.0837. The van der Waals surface area contributed by atoms with Gasteiger partial charge in [0.2, 0.25) is 0 Å². The second-order valence-electron chi connectivity index (χ2n) is 5.60. The third kappa shape index (κ3) is 4.40. The van der Waals surface area contributed by atoms with Crippen LogP contribution in [0.1, 0.15) is 30.9 Å². The van der Waals surface area contributed by atoms with Crippen LogP contribution in [0.25, 0.3) is 0 Å². The maximum Gasteiger partial charge on any atom is 0.0595 e. The SMILES string of the molecule is Cl.Cl.Clc1ccc([C@@H](C2CCC2)N2CCNCC2)cc1Cl. The Hall–Kier alpha value is 0.300. The van der Waals surface area contributed by atoms with Crippen molar-refractivity contribution in [2.75, 3.05) is 26.2 Å². The molecular weight excluding hydrogens is 350 g/mol. The summed E-state index contributed by atoms with van der Waals surface area (Å²) in [5.74, 6) is 0.787. The topological polar surface area (TPSA) is 15.3 Å². The Labute approximate surface area is 149 Å². The van der Waals surface area contributed by atoms with E-state index in [1.165, 1.54) is 24.8 Å². The first-order chi connectivity index (χ1) is 9.25. The van der Waals surface area contributed by atoms with Gasteiger partial charge < -0.3 is 5.32 Å². The van der Waals surface area contributed by atoms with Gasteiger partial charge in [0.25, 0.3) is 0 Å². The van der Waals surface area contributed by atoms with Crippen LogP contribution in [-0.4, -0.2) is 31.1 Å². The van der Waals surface area contributed by atoms with Crippen LogP contribution in [0.2, 0.25) is 10.0 Å². The minimum Gasteiger partial charge on any atom is -0.314 e. The molecule has 120 valence electrons. The highest BCUT2D eigenvalue weighted by Gasteiger charge is 2.33. The molecule has 6 heteroatoms.